The number of β-amino-alcohol motifs (C(OH)–C–C–N with tert-alkyl or cyclic N) is 1. The first-order valence-corrected chi connectivity index (χ1v) is 9.31. The third-order valence-corrected chi connectivity index (χ3v) is 5.55. The second-order valence-corrected chi connectivity index (χ2v) is 7.67. The Morgan fingerprint density at radius 2 is 1.88 bits per heavy atom. The van der Waals surface area contributed by atoms with Crippen molar-refractivity contribution in [1.29, 1.82) is 0 Å². The average Bonchev–Trinajstić information content (AvgIpc) is 3.04. The van der Waals surface area contributed by atoms with Crippen LogP contribution in [0.15, 0.2) is 36.4 Å². The number of hydrogen-bond acceptors (Lipinski definition) is 5. The lowest BCUT2D eigenvalue weighted by Gasteiger charge is -2.36. The Morgan fingerprint density at radius 3 is 2.69 bits per heavy atom. The van der Waals surface area contributed by atoms with E-state index < -0.39 is 5.60 Å². The number of hydrogen-bond donors (Lipinski definition) is 1. The third-order valence-electron chi connectivity index (χ3n) is 5.55. The highest BCUT2D eigenvalue weighted by Gasteiger charge is 2.40. The van der Waals surface area contributed by atoms with Gasteiger partial charge >= 0.3 is 0 Å². The Hall–Kier alpha value is -2.02. The second kappa shape index (κ2) is 6.95. The number of para-hydroxylation sites is 1. The number of rotatable bonds is 3. The fraction of sp³-hybridized carbons (Fsp3) is 0.500. The van der Waals surface area contributed by atoms with Crippen molar-refractivity contribution in [2.45, 2.75) is 12.0 Å². The van der Waals surface area contributed by atoms with Crippen molar-refractivity contribution in [3.8, 4) is 0 Å². The predicted molar refractivity (Wildman–Crippen MR) is 101 cm³/mol. The summed E-state index contributed by atoms with van der Waals surface area (Å²) in [4.78, 5) is 23.7. The van der Waals surface area contributed by atoms with Gasteiger partial charge in [-0.1, -0.05) is 24.3 Å². The summed E-state index contributed by atoms with van der Waals surface area (Å²) < 4.78 is 0. The van der Waals surface area contributed by atoms with Gasteiger partial charge in [0.05, 0.1) is 17.7 Å². The first-order chi connectivity index (χ1) is 12.5. The van der Waals surface area contributed by atoms with Gasteiger partial charge in [-0.05, 0) is 25.6 Å². The van der Waals surface area contributed by atoms with Crippen LogP contribution in [0, 0.1) is 0 Å². The number of carbonyl (C=O) groups is 1. The Morgan fingerprint density at radius 1 is 1.12 bits per heavy atom. The summed E-state index contributed by atoms with van der Waals surface area (Å²) in [6, 6.07) is 11.5. The van der Waals surface area contributed by atoms with Gasteiger partial charge in [0, 0.05) is 44.7 Å². The molecule has 1 N–H and O–H groups in total. The molecule has 138 valence electrons. The minimum atomic E-state index is -0.817. The molecule has 0 spiro atoms. The van der Waals surface area contributed by atoms with E-state index in [1.807, 2.05) is 30.3 Å². The van der Waals surface area contributed by atoms with E-state index in [0.717, 1.165) is 37.1 Å². The average molecular weight is 354 g/mol. The molecule has 0 saturated carbocycles. The molecule has 1 amide bonds. The lowest BCUT2D eigenvalue weighted by molar-refractivity contribution is 0.000483. The molecule has 1 aromatic heterocycles. The lowest BCUT2D eigenvalue weighted by Crippen LogP contribution is -2.52. The fourth-order valence-electron chi connectivity index (χ4n) is 3.93. The van der Waals surface area contributed by atoms with Gasteiger partial charge < -0.3 is 14.9 Å². The summed E-state index contributed by atoms with van der Waals surface area (Å²) in [6.07, 6.45) is 0.624. The van der Waals surface area contributed by atoms with Crippen LogP contribution in [0.4, 0.5) is 0 Å². The van der Waals surface area contributed by atoms with Gasteiger partial charge in [0.2, 0.25) is 0 Å². The van der Waals surface area contributed by atoms with Gasteiger partial charge in [-0.15, -0.1) is 0 Å². The van der Waals surface area contributed by atoms with E-state index in [2.05, 4.69) is 21.8 Å². The first kappa shape index (κ1) is 17.4. The van der Waals surface area contributed by atoms with E-state index in [9.17, 15) is 9.90 Å². The lowest BCUT2D eigenvalue weighted by atomic mass is 10.0. The van der Waals surface area contributed by atoms with Crippen molar-refractivity contribution in [3.05, 3.63) is 42.1 Å². The normalized spacial score (nSPS) is 25.1. The molecule has 2 saturated heterocycles. The van der Waals surface area contributed by atoms with E-state index in [1.165, 1.54) is 0 Å². The number of nitrogens with zero attached hydrogens (tertiary/aromatic N) is 4. The van der Waals surface area contributed by atoms with Crippen molar-refractivity contribution in [2.24, 2.45) is 0 Å². The fourth-order valence-corrected chi connectivity index (χ4v) is 3.93. The maximum absolute atomic E-state index is 12.8. The zero-order chi connectivity index (χ0) is 18.1. The topological polar surface area (TPSA) is 59.9 Å². The van der Waals surface area contributed by atoms with Gasteiger partial charge in [-0.25, -0.2) is 4.98 Å². The molecule has 6 heteroatoms. The number of aromatic nitrogens is 1. The number of likely N-dealkylation sites (N-methyl/N-ethyl adjacent to an activating group) is 1. The molecule has 26 heavy (non-hydrogen) atoms. The molecular weight excluding hydrogens is 328 g/mol. The van der Waals surface area contributed by atoms with Gasteiger partial charge in [0.1, 0.15) is 5.69 Å². The third kappa shape index (κ3) is 3.58. The van der Waals surface area contributed by atoms with Crippen LogP contribution in [0.2, 0.25) is 0 Å². The molecule has 0 radical (unpaired) electrons. The van der Waals surface area contributed by atoms with Crippen LogP contribution in [0.3, 0.4) is 0 Å². The zero-order valence-corrected chi connectivity index (χ0v) is 15.3. The van der Waals surface area contributed by atoms with Crippen LogP contribution in [-0.4, -0.2) is 89.2 Å². The number of benzene rings is 1. The standard InChI is InChI=1S/C20H26N4O2/c1-22-10-12-23(13-11-22)14-20(26)8-9-24(15-20)19(25)18-7-6-16-4-2-3-5-17(16)21-18/h2-7,26H,8-15H2,1H3/t20-/m0/s1. The van der Waals surface area contributed by atoms with Crippen LogP contribution in [0.1, 0.15) is 16.9 Å². The van der Waals surface area contributed by atoms with Gasteiger partial charge in [0.25, 0.3) is 5.91 Å². The highest BCUT2D eigenvalue weighted by atomic mass is 16.3. The monoisotopic (exact) mass is 354 g/mol. The van der Waals surface area contributed by atoms with Gasteiger partial charge in [-0.2, -0.15) is 0 Å². The Kier molecular flexibility index (Phi) is 4.65. The van der Waals surface area contributed by atoms with Crippen molar-refractivity contribution in [2.75, 3.05) is 52.9 Å². The number of pyridine rings is 1. The number of carbonyl (C=O) groups excluding carboxylic acids is 1. The van der Waals surface area contributed by atoms with Gasteiger partial charge in [-0.3, -0.25) is 9.69 Å². The van der Waals surface area contributed by atoms with Crippen LogP contribution < -0.4 is 0 Å². The largest absolute Gasteiger partial charge is 0.387 e. The highest BCUT2D eigenvalue weighted by molar-refractivity contribution is 5.95. The summed E-state index contributed by atoms with van der Waals surface area (Å²) in [5.41, 5.74) is 0.459. The van der Waals surface area contributed by atoms with Crippen molar-refractivity contribution >= 4 is 16.8 Å². The van der Waals surface area contributed by atoms with Crippen molar-refractivity contribution < 1.29 is 9.90 Å². The maximum atomic E-state index is 12.8. The Balaban J connectivity index is 1.42. The molecule has 2 aliphatic rings. The molecule has 2 fully saturated rings. The molecule has 0 aliphatic carbocycles. The summed E-state index contributed by atoms with van der Waals surface area (Å²) in [5, 5.41) is 12.0. The summed E-state index contributed by atoms with van der Waals surface area (Å²) >= 11 is 0. The Labute approximate surface area is 154 Å². The molecule has 2 aromatic rings. The number of fused-ring (bicyclic) bond motifs is 1. The molecule has 1 aromatic carbocycles. The van der Waals surface area contributed by atoms with E-state index in [4.69, 9.17) is 0 Å². The smallest absolute Gasteiger partial charge is 0.272 e. The SMILES string of the molecule is CN1CCN(C[C@@]2(O)CCN(C(=O)c3ccc4ccccc4n3)C2)CC1. The molecule has 3 heterocycles. The second-order valence-electron chi connectivity index (χ2n) is 7.67. The highest BCUT2D eigenvalue weighted by Crippen LogP contribution is 2.25. The van der Waals surface area contributed by atoms with Crippen LogP contribution in [-0.2, 0) is 0 Å². The Bertz CT molecular complexity index is 803. The quantitative estimate of drug-likeness (QED) is 0.893. The summed E-state index contributed by atoms with van der Waals surface area (Å²) in [6.45, 7) is 5.59. The minimum Gasteiger partial charge on any atom is -0.387 e. The molecule has 2 aliphatic heterocycles. The van der Waals surface area contributed by atoms with Crippen molar-refractivity contribution in [1.82, 2.24) is 19.7 Å². The molecule has 6 nitrogen and oxygen atoms in total. The molecule has 1 atom stereocenters. The number of likely N-dealkylation sites (tertiary alicyclic amines) is 1. The first-order valence-electron chi connectivity index (χ1n) is 9.31. The molecule has 0 unspecified atom stereocenters. The maximum Gasteiger partial charge on any atom is 0.272 e. The number of amides is 1. The van der Waals surface area contributed by atoms with Gasteiger partial charge in [0.15, 0.2) is 0 Å². The van der Waals surface area contributed by atoms with Crippen LogP contribution in [0.25, 0.3) is 10.9 Å². The number of piperazine rings is 1. The van der Waals surface area contributed by atoms with Crippen LogP contribution in [0.5, 0.6) is 0 Å². The number of aliphatic hydroxyl groups is 1. The minimum absolute atomic E-state index is 0.0925. The van der Waals surface area contributed by atoms with E-state index in [0.29, 0.717) is 31.7 Å². The molecular formula is C20H26N4O2. The van der Waals surface area contributed by atoms with Crippen molar-refractivity contribution in [3.63, 3.8) is 0 Å². The summed E-state index contributed by atoms with van der Waals surface area (Å²) in [7, 11) is 2.12. The molecule has 0 bridgehead atoms. The zero-order valence-electron chi connectivity index (χ0n) is 15.3. The van der Waals surface area contributed by atoms with E-state index >= 15 is 0 Å². The van der Waals surface area contributed by atoms with E-state index in [1.54, 1.807) is 11.0 Å². The van der Waals surface area contributed by atoms with E-state index in [-0.39, 0.29) is 5.91 Å². The predicted octanol–water partition coefficient (Wildman–Crippen LogP) is 1.06. The summed E-state index contributed by atoms with van der Waals surface area (Å²) in [5.74, 6) is -0.0925. The molecule has 4 rings (SSSR count). The van der Waals surface area contributed by atoms with Crippen LogP contribution >= 0.6 is 0 Å².